The van der Waals surface area contributed by atoms with Crippen LogP contribution >= 0.6 is 0 Å². The van der Waals surface area contributed by atoms with Crippen LogP contribution in [0.15, 0.2) is 47.4 Å². The Balaban J connectivity index is 1.53. The van der Waals surface area contributed by atoms with Gasteiger partial charge < -0.3 is 4.74 Å². The summed E-state index contributed by atoms with van der Waals surface area (Å²) in [5.74, 6) is -0.302. The van der Waals surface area contributed by atoms with Gasteiger partial charge in [-0.3, -0.25) is 4.90 Å². The summed E-state index contributed by atoms with van der Waals surface area (Å²) in [4.78, 5) is 2.50. The largest absolute Gasteiger partial charge is 0.379 e. The number of halogens is 1. The third-order valence-corrected chi connectivity index (χ3v) is 7.26. The standard InChI is InChI=1S/C22H27FN2O3S/c23-20-8-5-18(6-9-20)22(25-11-13-28-14-12-25)16-24-29(26,27)21-10-7-17-3-1-2-4-19(17)15-21/h5-10,15,22,24H,1-4,11-14,16H2/t22-/m0/s1. The van der Waals surface area contributed by atoms with Crippen LogP contribution in [0.25, 0.3) is 0 Å². The highest BCUT2D eigenvalue weighted by atomic mass is 32.2. The Kier molecular flexibility index (Phi) is 6.29. The molecule has 1 aliphatic heterocycles. The van der Waals surface area contributed by atoms with E-state index >= 15 is 0 Å². The minimum absolute atomic E-state index is 0.174. The number of sulfonamides is 1. The lowest BCUT2D eigenvalue weighted by Crippen LogP contribution is -2.43. The fourth-order valence-corrected chi connectivity index (χ4v) is 5.27. The van der Waals surface area contributed by atoms with Gasteiger partial charge >= 0.3 is 0 Å². The Labute approximate surface area is 171 Å². The van der Waals surface area contributed by atoms with Crippen molar-refractivity contribution in [2.45, 2.75) is 36.6 Å². The maximum atomic E-state index is 13.4. The van der Waals surface area contributed by atoms with Gasteiger partial charge in [0, 0.05) is 25.7 Å². The van der Waals surface area contributed by atoms with Crippen LogP contribution in [-0.2, 0) is 27.6 Å². The minimum atomic E-state index is -3.63. The van der Waals surface area contributed by atoms with Gasteiger partial charge in [0.25, 0.3) is 0 Å². The van der Waals surface area contributed by atoms with Gasteiger partial charge in [-0.15, -0.1) is 0 Å². The van der Waals surface area contributed by atoms with E-state index < -0.39 is 10.0 Å². The average Bonchev–Trinajstić information content (AvgIpc) is 2.75. The molecule has 1 atom stereocenters. The van der Waals surface area contributed by atoms with Crippen molar-refractivity contribution in [1.82, 2.24) is 9.62 Å². The molecule has 0 bridgehead atoms. The number of hydrogen-bond donors (Lipinski definition) is 1. The lowest BCUT2D eigenvalue weighted by Gasteiger charge is -2.35. The monoisotopic (exact) mass is 418 g/mol. The van der Waals surface area contributed by atoms with E-state index in [1.54, 1.807) is 18.2 Å². The van der Waals surface area contributed by atoms with E-state index in [4.69, 9.17) is 4.74 Å². The molecule has 5 nitrogen and oxygen atoms in total. The fourth-order valence-electron chi connectivity index (χ4n) is 4.18. The van der Waals surface area contributed by atoms with Crippen molar-refractivity contribution in [3.05, 3.63) is 65.0 Å². The number of fused-ring (bicyclic) bond motifs is 1. The first-order chi connectivity index (χ1) is 14.0. The molecule has 0 aromatic heterocycles. The molecule has 0 spiro atoms. The number of hydrogen-bond acceptors (Lipinski definition) is 4. The maximum Gasteiger partial charge on any atom is 0.240 e. The molecule has 2 aromatic carbocycles. The Bertz CT molecular complexity index is 941. The summed E-state index contributed by atoms with van der Waals surface area (Å²) in [6, 6.07) is 11.6. The van der Waals surface area contributed by atoms with Crippen molar-refractivity contribution in [2.24, 2.45) is 0 Å². The average molecular weight is 419 g/mol. The van der Waals surface area contributed by atoms with Crippen LogP contribution in [0, 0.1) is 5.82 Å². The molecule has 29 heavy (non-hydrogen) atoms. The molecule has 0 saturated carbocycles. The number of rotatable bonds is 6. The first-order valence-corrected chi connectivity index (χ1v) is 11.7. The van der Waals surface area contributed by atoms with Crippen LogP contribution in [0.3, 0.4) is 0 Å². The molecule has 1 N–H and O–H groups in total. The zero-order valence-electron chi connectivity index (χ0n) is 16.4. The number of aryl methyl sites for hydroxylation is 2. The molecule has 7 heteroatoms. The zero-order chi connectivity index (χ0) is 20.3. The summed E-state index contributed by atoms with van der Waals surface area (Å²) < 4.78 is 47.6. The number of nitrogens with zero attached hydrogens (tertiary/aromatic N) is 1. The quantitative estimate of drug-likeness (QED) is 0.783. The van der Waals surface area contributed by atoms with Gasteiger partial charge in [0.2, 0.25) is 10.0 Å². The van der Waals surface area contributed by atoms with E-state index in [1.807, 2.05) is 12.1 Å². The third-order valence-electron chi connectivity index (χ3n) is 5.84. The second-order valence-electron chi connectivity index (χ2n) is 7.71. The molecular weight excluding hydrogens is 391 g/mol. The van der Waals surface area contributed by atoms with Gasteiger partial charge in [0.05, 0.1) is 18.1 Å². The van der Waals surface area contributed by atoms with Crippen LogP contribution < -0.4 is 4.72 Å². The minimum Gasteiger partial charge on any atom is -0.379 e. The molecule has 2 aromatic rings. The van der Waals surface area contributed by atoms with Gasteiger partial charge in [-0.1, -0.05) is 18.2 Å². The van der Waals surface area contributed by atoms with Crippen LogP contribution in [0.5, 0.6) is 0 Å². The number of benzene rings is 2. The Morgan fingerprint density at radius 1 is 1.00 bits per heavy atom. The molecule has 0 unspecified atom stereocenters. The maximum absolute atomic E-state index is 13.4. The predicted molar refractivity (Wildman–Crippen MR) is 110 cm³/mol. The second-order valence-corrected chi connectivity index (χ2v) is 9.47. The molecule has 1 heterocycles. The molecule has 1 saturated heterocycles. The number of nitrogens with one attached hydrogen (secondary N) is 1. The second kappa shape index (κ2) is 8.92. The highest BCUT2D eigenvalue weighted by molar-refractivity contribution is 7.89. The molecule has 1 fully saturated rings. The molecule has 0 radical (unpaired) electrons. The van der Waals surface area contributed by atoms with Crippen LogP contribution in [0.1, 0.15) is 35.6 Å². The summed E-state index contributed by atoms with van der Waals surface area (Å²) >= 11 is 0. The lowest BCUT2D eigenvalue weighted by molar-refractivity contribution is 0.0172. The van der Waals surface area contributed by atoms with E-state index in [-0.39, 0.29) is 18.4 Å². The summed E-state index contributed by atoms with van der Waals surface area (Å²) in [6.45, 7) is 2.86. The fraction of sp³-hybridized carbons (Fsp3) is 0.455. The van der Waals surface area contributed by atoms with Gasteiger partial charge in [-0.05, 0) is 66.6 Å². The molecule has 4 rings (SSSR count). The van der Waals surface area contributed by atoms with Crippen LogP contribution in [0.2, 0.25) is 0 Å². The predicted octanol–water partition coefficient (Wildman–Crippen LogP) is 3.06. The molecule has 2 aliphatic rings. The SMILES string of the molecule is O=S(=O)(NC[C@@H](c1ccc(F)cc1)N1CCOCC1)c1ccc2c(c1)CCCC2. The van der Waals surface area contributed by atoms with Crippen molar-refractivity contribution in [3.63, 3.8) is 0 Å². The summed E-state index contributed by atoms with van der Waals surface area (Å²) in [7, 11) is -3.63. The topological polar surface area (TPSA) is 58.6 Å². The van der Waals surface area contributed by atoms with Crippen molar-refractivity contribution < 1.29 is 17.5 Å². The highest BCUT2D eigenvalue weighted by Gasteiger charge is 2.25. The van der Waals surface area contributed by atoms with Crippen molar-refractivity contribution in [1.29, 1.82) is 0 Å². The number of ether oxygens (including phenoxy) is 1. The number of morpholine rings is 1. The van der Waals surface area contributed by atoms with Crippen LogP contribution in [0.4, 0.5) is 4.39 Å². The first kappa shape index (κ1) is 20.5. The van der Waals surface area contributed by atoms with Crippen molar-refractivity contribution >= 4 is 10.0 Å². The summed E-state index contributed by atoms with van der Waals surface area (Å²) in [5, 5.41) is 0. The van der Waals surface area contributed by atoms with Gasteiger partial charge in [0.15, 0.2) is 0 Å². The van der Waals surface area contributed by atoms with E-state index in [0.717, 1.165) is 36.8 Å². The third kappa shape index (κ3) is 4.86. The van der Waals surface area contributed by atoms with E-state index in [1.165, 1.54) is 17.7 Å². The molecule has 0 amide bonds. The smallest absolute Gasteiger partial charge is 0.240 e. The molecular formula is C22H27FN2O3S. The Hall–Kier alpha value is -1.80. The first-order valence-electron chi connectivity index (χ1n) is 10.2. The summed E-state index contributed by atoms with van der Waals surface area (Å²) in [6.07, 6.45) is 4.22. The van der Waals surface area contributed by atoms with E-state index in [9.17, 15) is 12.8 Å². The van der Waals surface area contributed by atoms with Gasteiger partial charge in [0.1, 0.15) is 5.82 Å². The van der Waals surface area contributed by atoms with Gasteiger partial charge in [-0.25, -0.2) is 17.5 Å². The van der Waals surface area contributed by atoms with Crippen molar-refractivity contribution in [3.8, 4) is 0 Å². The van der Waals surface area contributed by atoms with Crippen molar-refractivity contribution in [2.75, 3.05) is 32.8 Å². The Morgan fingerprint density at radius 2 is 1.69 bits per heavy atom. The molecule has 156 valence electrons. The molecule has 1 aliphatic carbocycles. The lowest BCUT2D eigenvalue weighted by atomic mass is 9.92. The van der Waals surface area contributed by atoms with Gasteiger partial charge in [-0.2, -0.15) is 0 Å². The summed E-state index contributed by atoms with van der Waals surface area (Å²) in [5.41, 5.74) is 3.29. The van der Waals surface area contributed by atoms with E-state index in [0.29, 0.717) is 31.2 Å². The Morgan fingerprint density at radius 3 is 2.41 bits per heavy atom. The van der Waals surface area contributed by atoms with Crippen LogP contribution in [-0.4, -0.2) is 46.2 Å². The van der Waals surface area contributed by atoms with E-state index in [2.05, 4.69) is 9.62 Å². The zero-order valence-corrected chi connectivity index (χ0v) is 17.3. The normalized spacial score (nSPS) is 18.9. The highest BCUT2D eigenvalue weighted by Crippen LogP contribution is 2.25.